The van der Waals surface area contributed by atoms with Crippen LogP contribution in [0.5, 0.6) is 0 Å². The molecule has 0 aromatic heterocycles. The molecule has 0 amide bonds. The average molecular weight is 288 g/mol. The lowest BCUT2D eigenvalue weighted by Crippen LogP contribution is -2.45. The van der Waals surface area contributed by atoms with E-state index in [2.05, 4.69) is 62.2 Å². The van der Waals surface area contributed by atoms with Crippen LogP contribution in [-0.4, -0.2) is 30.1 Å². The van der Waals surface area contributed by atoms with Gasteiger partial charge in [-0.3, -0.25) is 4.90 Å². The van der Waals surface area contributed by atoms with Crippen LogP contribution in [0.1, 0.15) is 64.1 Å². The van der Waals surface area contributed by atoms with Gasteiger partial charge in [0.05, 0.1) is 0 Å². The standard InChI is InChI=1S/C19H32N2/c1-5-16-10-12-17(13-11-16)19(20-7-3)15(4)21-14-8-9-18(21)6-2/h10-13,15,18-20H,5-9,14H2,1-4H3. The van der Waals surface area contributed by atoms with Crippen molar-refractivity contribution in [2.75, 3.05) is 13.1 Å². The maximum Gasteiger partial charge on any atom is 0.0475 e. The zero-order valence-corrected chi connectivity index (χ0v) is 14.2. The summed E-state index contributed by atoms with van der Waals surface area (Å²) >= 11 is 0. The second-order valence-electron chi connectivity index (χ2n) is 6.31. The zero-order valence-electron chi connectivity index (χ0n) is 14.2. The van der Waals surface area contributed by atoms with E-state index in [1.165, 1.54) is 36.9 Å². The molecular weight excluding hydrogens is 256 g/mol. The predicted molar refractivity (Wildman–Crippen MR) is 91.7 cm³/mol. The molecule has 1 heterocycles. The van der Waals surface area contributed by atoms with Crippen LogP contribution in [0.2, 0.25) is 0 Å². The summed E-state index contributed by atoms with van der Waals surface area (Å²) in [6.07, 6.45) is 5.12. The van der Waals surface area contributed by atoms with E-state index in [-0.39, 0.29) is 0 Å². The van der Waals surface area contributed by atoms with Crippen LogP contribution in [0.15, 0.2) is 24.3 Å². The van der Waals surface area contributed by atoms with E-state index in [0.717, 1.165) is 19.0 Å². The lowest BCUT2D eigenvalue weighted by atomic mass is 9.96. The van der Waals surface area contributed by atoms with Gasteiger partial charge in [0.15, 0.2) is 0 Å². The second kappa shape index (κ2) is 7.95. The van der Waals surface area contributed by atoms with E-state index < -0.39 is 0 Å². The number of benzene rings is 1. The molecule has 3 unspecified atom stereocenters. The number of hydrogen-bond acceptors (Lipinski definition) is 2. The third kappa shape index (κ3) is 3.87. The smallest absolute Gasteiger partial charge is 0.0475 e. The maximum absolute atomic E-state index is 3.72. The Hall–Kier alpha value is -0.860. The first-order valence-electron chi connectivity index (χ1n) is 8.79. The van der Waals surface area contributed by atoms with Crippen molar-refractivity contribution in [3.63, 3.8) is 0 Å². The number of likely N-dealkylation sites (tertiary alicyclic amines) is 1. The highest BCUT2D eigenvalue weighted by atomic mass is 15.2. The lowest BCUT2D eigenvalue weighted by molar-refractivity contribution is 0.152. The first kappa shape index (κ1) is 16.5. The third-order valence-corrected chi connectivity index (χ3v) is 5.07. The Morgan fingerprint density at radius 3 is 2.48 bits per heavy atom. The van der Waals surface area contributed by atoms with Gasteiger partial charge >= 0.3 is 0 Å². The van der Waals surface area contributed by atoms with Gasteiger partial charge < -0.3 is 5.32 Å². The monoisotopic (exact) mass is 288 g/mol. The molecule has 1 N–H and O–H groups in total. The summed E-state index contributed by atoms with van der Waals surface area (Å²) in [7, 11) is 0. The molecule has 21 heavy (non-hydrogen) atoms. The van der Waals surface area contributed by atoms with Gasteiger partial charge in [0.1, 0.15) is 0 Å². The molecule has 2 nitrogen and oxygen atoms in total. The van der Waals surface area contributed by atoms with Crippen molar-refractivity contribution >= 4 is 0 Å². The SMILES string of the molecule is CCNC(c1ccc(CC)cc1)C(C)N1CCCC1CC. The highest BCUT2D eigenvalue weighted by Gasteiger charge is 2.31. The molecule has 118 valence electrons. The fraction of sp³-hybridized carbons (Fsp3) is 0.684. The molecule has 0 spiro atoms. The summed E-state index contributed by atoms with van der Waals surface area (Å²) in [5.41, 5.74) is 2.86. The molecule has 1 fully saturated rings. The van der Waals surface area contributed by atoms with E-state index >= 15 is 0 Å². The number of nitrogens with one attached hydrogen (secondary N) is 1. The van der Waals surface area contributed by atoms with E-state index in [1.807, 2.05) is 0 Å². The van der Waals surface area contributed by atoms with E-state index in [9.17, 15) is 0 Å². The molecule has 2 heteroatoms. The molecule has 1 aliphatic heterocycles. The fourth-order valence-corrected chi connectivity index (χ4v) is 3.77. The number of hydrogen-bond donors (Lipinski definition) is 1. The van der Waals surface area contributed by atoms with E-state index in [4.69, 9.17) is 0 Å². The van der Waals surface area contributed by atoms with Crippen LogP contribution in [0, 0.1) is 0 Å². The van der Waals surface area contributed by atoms with Crippen molar-refractivity contribution in [3.8, 4) is 0 Å². The van der Waals surface area contributed by atoms with Gasteiger partial charge in [-0.1, -0.05) is 45.0 Å². The van der Waals surface area contributed by atoms with Gasteiger partial charge in [-0.25, -0.2) is 0 Å². The van der Waals surface area contributed by atoms with Crippen LogP contribution >= 0.6 is 0 Å². The topological polar surface area (TPSA) is 15.3 Å². The number of nitrogens with zero attached hydrogens (tertiary/aromatic N) is 1. The van der Waals surface area contributed by atoms with Gasteiger partial charge in [-0.15, -0.1) is 0 Å². The Bertz CT molecular complexity index is 412. The Kier molecular flexibility index (Phi) is 6.25. The molecule has 0 radical (unpaired) electrons. The molecule has 1 aromatic rings. The van der Waals surface area contributed by atoms with Gasteiger partial charge in [0.2, 0.25) is 0 Å². The van der Waals surface area contributed by atoms with E-state index in [0.29, 0.717) is 12.1 Å². The Morgan fingerprint density at radius 1 is 1.19 bits per heavy atom. The first-order chi connectivity index (χ1) is 10.2. The highest BCUT2D eigenvalue weighted by Crippen LogP contribution is 2.29. The predicted octanol–water partition coefficient (Wildman–Crippen LogP) is 4.16. The quantitative estimate of drug-likeness (QED) is 0.810. The lowest BCUT2D eigenvalue weighted by Gasteiger charge is -2.36. The summed E-state index contributed by atoms with van der Waals surface area (Å²) in [6, 6.07) is 11.0. The molecule has 1 aromatic carbocycles. The van der Waals surface area contributed by atoms with Crippen LogP contribution in [0.4, 0.5) is 0 Å². The second-order valence-corrected chi connectivity index (χ2v) is 6.31. The normalized spacial score (nSPS) is 22.4. The minimum absolute atomic E-state index is 0.438. The van der Waals surface area contributed by atoms with Gasteiger partial charge in [-0.2, -0.15) is 0 Å². The summed E-state index contributed by atoms with van der Waals surface area (Å²) < 4.78 is 0. The van der Waals surface area contributed by atoms with Crippen molar-refractivity contribution in [2.24, 2.45) is 0 Å². The van der Waals surface area contributed by atoms with Gasteiger partial charge in [-0.05, 0) is 56.8 Å². The molecule has 0 aliphatic carbocycles. The zero-order chi connectivity index (χ0) is 15.2. The van der Waals surface area contributed by atoms with Gasteiger partial charge in [0, 0.05) is 18.1 Å². The fourth-order valence-electron chi connectivity index (χ4n) is 3.77. The van der Waals surface area contributed by atoms with Crippen LogP contribution in [0.25, 0.3) is 0 Å². The Labute approximate surface area is 130 Å². The van der Waals surface area contributed by atoms with E-state index in [1.54, 1.807) is 0 Å². The highest BCUT2D eigenvalue weighted by molar-refractivity contribution is 5.26. The van der Waals surface area contributed by atoms with Crippen molar-refractivity contribution in [3.05, 3.63) is 35.4 Å². The minimum Gasteiger partial charge on any atom is -0.309 e. The number of rotatable bonds is 7. The molecular formula is C19H32N2. The van der Waals surface area contributed by atoms with Crippen molar-refractivity contribution in [1.29, 1.82) is 0 Å². The summed E-state index contributed by atoms with van der Waals surface area (Å²) in [5, 5.41) is 3.72. The molecule has 2 rings (SSSR count). The molecule has 0 saturated carbocycles. The molecule has 3 atom stereocenters. The Balaban J connectivity index is 2.16. The molecule has 0 bridgehead atoms. The van der Waals surface area contributed by atoms with Gasteiger partial charge in [0.25, 0.3) is 0 Å². The number of aryl methyl sites for hydroxylation is 1. The Morgan fingerprint density at radius 2 is 1.90 bits per heavy atom. The summed E-state index contributed by atoms with van der Waals surface area (Å²) in [4.78, 5) is 2.72. The van der Waals surface area contributed by atoms with Crippen LogP contribution in [0.3, 0.4) is 0 Å². The number of likely N-dealkylation sites (N-methyl/N-ethyl adjacent to an activating group) is 1. The van der Waals surface area contributed by atoms with Crippen LogP contribution in [-0.2, 0) is 6.42 Å². The summed E-state index contributed by atoms with van der Waals surface area (Å²) in [5.74, 6) is 0. The maximum atomic E-state index is 3.72. The van der Waals surface area contributed by atoms with Crippen molar-refractivity contribution in [2.45, 2.75) is 71.5 Å². The van der Waals surface area contributed by atoms with Crippen LogP contribution < -0.4 is 5.32 Å². The average Bonchev–Trinajstić information content (AvgIpc) is 3.00. The largest absolute Gasteiger partial charge is 0.309 e. The minimum atomic E-state index is 0.438. The first-order valence-corrected chi connectivity index (χ1v) is 8.79. The van der Waals surface area contributed by atoms with Crippen molar-refractivity contribution in [1.82, 2.24) is 10.2 Å². The third-order valence-electron chi connectivity index (χ3n) is 5.07. The summed E-state index contributed by atoms with van der Waals surface area (Å²) in [6.45, 7) is 11.4. The van der Waals surface area contributed by atoms with Crippen molar-refractivity contribution < 1.29 is 0 Å². The molecule has 1 saturated heterocycles. The molecule has 1 aliphatic rings.